The molecule has 9 nitrogen and oxygen atoms in total. The van der Waals surface area contributed by atoms with Crippen LogP contribution in [0.1, 0.15) is 37.3 Å². The van der Waals surface area contributed by atoms with Gasteiger partial charge in [0.25, 0.3) is 5.96 Å². The van der Waals surface area contributed by atoms with Crippen molar-refractivity contribution in [2.45, 2.75) is 45.1 Å². The van der Waals surface area contributed by atoms with Gasteiger partial charge in [-0.05, 0) is 36.8 Å². The van der Waals surface area contributed by atoms with Gasteiger partial charge in [-0.15, -0.1) is 0 Å². The van der Waals surface area contributed by atoms with Crippen molar-refractivity contribution in [1.82, 2.24) is 16.1 Å². The number of amides is 1. The quantitative estimate of drug-likeness (QED) is 0.115. The van der Waals surface area contributed by atoms with Crippen LogP contribution in [0.3, 0.4) is 0 Å². The third-order valence-corrected chi connectivity index (χ3v) is 3.78. The van der Waals surface area contributed by atoms with Gasteiger partial charge in [0.05, 0.1) is 6.04 Å². The number of hydrogen-bond donors (Lipinski definition) is 4. The zero-order valence-electron chi connectivity index (χ0n) is 14.8. The maximum Gasteiger partial charge on any atom is 0.251 e. The second-order valence-electron chi connectivity index (χ2n) is 5.79. The number of hydrazine groups is 1. The van der Waals surface area contributed by atoms with E-state index in [1.54, 1.807) is 5.43 Å². The molecule has 4 N–H and O–H groups in total. The number of guanidine groups is 1. The van der Waals surface area contributed by atoms with E-state index in [0.29, 0.717) is 32.0 Å². The summed E-state index contributed by atoms with van der Waals surface area (Å²) < 4.78 is 0. The van der Waals surface area contributed by atoms with Crippen molar-refractivity contribution in [3.05, 3.63) is 45.5 Å². The first kappa shape index (κ1) is 21.1. The third kappa shape index (κ3) is 8.76. The fraction of sp³-hybridized carbons (Fsp3) is 0.471. The van der Waals surface area contributed by atoms with Crippen molar-refractivity contribution >= 4 is 18.2 Å². The zero-order valence-corrected chi connectivity index (χ0v) is 14.8. The lowest BCUT2D eigenvalue weighted by Gasteiger charge is -2.13. The van der Waals surface area contributed by atoms with Crippen LogP contribution in [0.15, 0.2) is 24.3 Å². The maximum atomic E-state index is 12.0. The molecular formula is C17H25N5O4. The Kier molecular flexibility index (Phi) is 9.37. The van der Waals surface area contributed by atoms with Crippen molar-refractivity contribution in [1.29, 1.82) is 5.41 Å². The van der Waals surface area contributed by atoms with Gasteiger partial charge >= 0.3 is 0 Å². The van der Waals surface area contributed by atoms with Crippen LogP contribution in [0.2, 0.25) is 0 Å². The Balaban J connectivity index is 2.26. The molecule has 0 aliphatic carbocycles. The minimum atomic E-state index is -0.834. The Hall–Kier alpha value is -2.97. The highest BCUT2D eigenvalue weighted by Crippen LogP contribution is 2.07. The van der Waals surface area contributed by atoms with E-state index in [2.05, 4.69) is 17.6 Å². The highest BCUT2D eigenvalue weighted by atomic mass is 16.7. The summed E-state index contributed by atoms with van der Waals surface area (Å²) in [6.07, 6.45) is 3.41. The highest BCUT2D eigenvalue weighted by Gasteiger charge is 2.11. The number of carbonyl (C=O) groups is 2. The Morgan fingerprint density at radius 3 is 2.54 bits per heavy atom. The van der Waals surface area contributed by atoms with E-state index in [-0.39, 0.29) is 12.5 Å². The number of aryl methyl sites for hydroxylation is 2. The monoisotopic (exact) mass is 363 g/mol. The molecule has 1 rings (SSSR count). The van der Waals surface area contributed by atoms with Crippen molar-refractivity contribution in [3.8, 4) is 0 Å². The number of carbonyl (C=O) groups excluding carboxylic acids is 2. The van der Waals surface area contributed by atoms with E-state index >= 15 is 0 Å². The summed E-state index contributed by atoms with van der Waals surface area (Å²) in [5.41, 5.74) is 3.99. The molecule has 0 aromatic heterocycles. The van der Waals surface area contributed by atoms with Crippen LogP contribution in [-0.4, -0.2) is 35.8 Å². The SMILES string of the molecule is CCc1ccc(CCC(=O)NC(C=O)CCCNC(=N)N[N+](=O)[O-])cc1. The molecule has 9 heteroatoms. The summed E-state index contributed by atoms with van der Waals surface area (Å²) in [5.74, 6) is -0.617. The average Bonchev–Trinajstić information content (AvgIpc) is 2.62. The van der Waals surface area contributed by atoms with Gasteiger partial charge in [0.1, 0.15) is 6.29 Å². The fourth-order valence-electron chi connectivity index (χ4n) is 2.32. The molecule has 0 radical (unpaired) electrons. The van der Waals surface area contributed by atoms with Crippen LogP contribution in [0.25, 0.3) is 0 Å². The molecule has 0 fully saturated rings. The number of nitrogens with one attached hydrogen (secondary N) is 4. The van der Waals surface area contributed by atoms with Gasteiger partial charge in [-0.25, -0.2) is 10.1 Å². The number of benzene rings is 1. The molecule has 0 bridgehead atoms. The fourth-order valence-corrected chi connectivity index (χ4v) is 2.32. The molecule has 26 heavy (non-hydrogen) atoms. The van der Waals surface area contributed by atoms with E-state index < -0.39 is 17.0 Å². The molecule has 0 saturated heterocycles. The van der Waals surface area contributed by atoms with Crippen LogP contribution < -0.4 is 16.1 Å². The van der Waals surface area contributed by atoms with E-state index in [1.807, 2.05) is 24.3 Å². The number of aldehydes is 1. The van der Waals surface area contributed by atoms with Gasteiger partial charge in [0.2, 0.25) is 5.91 Å². The van der Waals surface area contributed by atoms with Crippen LogP contribution in [0, 0.1) is 15.5 Å². The first-order chi connectivity index (χ1) is 12.4. The highest BCUT2D eigenvalue weighted by molar-refractivity contribution is 5.79. The maximum absolute atomic E-state index is 12.0. The molecule has 0 heterocycles. The minimum absolute atomic E-state index is 0.197. The van der Waals surface area contributed by atoms with Crippen molar-refractivity contribution < 1.29 is 14.6 Å². The van der Waals surface area contributed by atoms with Crippen molar-refractivity contribution in [3.63, 3.8) is 0 Å². The standard InChI is InChI=1S/C17H25N5O4/c1-2-13-5-7-14(8-6-13)9-10-16(24)20-15(12-23)4-3-11-19-17(18)21-22(25)26/h5-8,12,15H,2-4,9-11H2,1H3,(H,20,24)(H3,18,19,21). The second kappa shape index (κ2) is 11.6. The molecule has 1 atom stereocenters. The van der Waals surface area contributed by atoms with Gasteiger partial charge < -0.3 is 15.4 Å². The van der Waals surface area contributed by atoms with E-state index in [4.69, 9.17) is 5.41 Å². The Labute approximate surface area is 152 Å². The van der Waals surface area contributed by atoms with E-state index in [1.165, 1.54) is 5.56 Å². The Bertz CT molecular complexity index is 618. The van der Waals surface area contributed by atoms with Gasteiger partial charge in [0.15, 0.2) is 5.03 Å². The van der Waals surface area contributed by atoms with E-state index in [9.17, 15) is 19.7 Å². The predicted octanol–water partition coefficient (Wildman–Crippen LogP) is 0.951. The van der Waals surface area contributed by atoms with E-state index in [0.717, 1.165) is 12.0 Å². The van der Waals surface area contributed by atoms with Gasteiger partial charge in [-0.1, -0.05) is 36.6 Å². The van der Waals surface area contributed by atoms with Crippen molar-refractivity contribution in [2.24, 2.45) is 0 Å². The first-order valence-corrected chi connectivity index (χ1v) is 8.50. The number of nitro groups is 1. The molecule has 0 aliphatic rings. The minimum Gasteiger partial charge on any atom is -0.352 e. The number of rotatable bonds is 11. The predicted molar refractivity (Wildman–Crippen MR) is 97.2 cm³/mol. The van der Waals surface area contributed by atoms with Gasteiger partial charge in [-0.3, -0.25) is 10.2 Å². The van der Waals surface area contributed by atoms with Crippen LogP contribution >= 0.6 is 0 Å². The number of hydrogen-bond acceptors (Lipinski definition) is 5. The lowest BCUT2D eigenvalue weighted by Crippen LogP contribution is -2.41. The second-order valence-corrected chi connectivity index (χ2v) is 5.79. The zero-order chi connectivity index (χ0) is 19.4. The van der Waals surface area contributed by atoms with Gasteiger partial charge in [0, 0.05) is 13.0 Å². The number of nitrogens with zero attached hydrogens (tertiary/aromatic N) is 1. The molecular weight excluding hydrogens is 338 g/mol. The molecule has 1 unspecified atom stereocenters. The summed E-state index contributed by atoms with van der Waals surface area (Å²) in [7, 11) is 0. The Morgan fingerprint density at radius 2 is 1.96 bits per heavy atom. The largest absolute Gasteiger partial charge is 0.352 e. The average molecular weight is 363 g/mol. The summed E-state index contributed by atoms with van der Waals surface area (Å²) in [6.45, 7) is 2.36. The summed E-state index contributed by atoms with van der Waals surface area (Å²) in [4.78, 5) is 33.2. The first-order valence-electron chi connectivity index (χ1n) is 8.50. The summed E-state index contributed by atoms with van der Waals surface area (Å²) in [6, 6.07) is 7.48. The molecule has 1 amide bonds. The van der Waals surface area contributed by atoms with Gasteiger partial charge in [-0.2, -0.15) is 0 Å². The lowest BCUT2D eigenvalue weighted by molar-refractivity contribution is -0.525. The van der Waals surface area contributed by atoms with Crippen LogP contribution in [0.5, 0.6) is 0 Å². The smallest absolute Gasteiger partial charge is 0.251 e. The summed E-state index contributed by atoms with van der Waals surface area (Å²) in [5, 5.41) is 21.7. The molecule has 0 spiro atoms. The topological polar surface area (TPSA) is 137 Å². The molecule has 0 aliphatic heterocycles. The Morgan fingerprint density at radius 1 is 1.31 bits per heavy atom. The normalized spacial score (nSPS) is 11.3. The molecule has 1 aromatic carbocycles. The third-order valence-electron chi connectivity index (χ3n) is 3.78. The summed E-state index contributed by atoms with van der Waals surface area (Å²) >= 11 is 0. The van der Waals surface area contributed by atoms with Crippen LogP contribution in [-0.2, 0) is 22.4 Å². The molecule has 0 saturated carbocycles. The molecule has 1 aromatic rings. The lowest BCUT2D eigenvalue weighted by atomic mass is 10.1. The van der Waals surface area contributed by atoms with Crippen LogP contribution in [0.4, 0.5) is 0 Å². The van der Waals surface area contributed by atoms with Crippen molar-refractivity contribution in [2.75, 3.05) is 6.54 Å². The molecule has 142 valence electrons.